The Balaban J connectivity index is 4.67. The molecule has 0 heterocycles. The van der Waals surface area contributed by atoms with Gasteiger partial charge in [-0.15, -0.1) is 11.6 Å². The molecule has 92 valence electrons. The van der Waals surface area contributed by atoms with Gasteiger partial charge >= 0.3 is 0 Å². The summed E-state index contributed by atoms with van der Waals surface area (Å²) in [6.07, 6.45) is 0. The van der Waals surface area contributed by atoms with Gasteiger partial charge in [-0.1, -0.05) is 27.7 Å². The first-order valence-corrected chi connectivity index (χ1v) is 7.51. The van der Waals surface area contributed by atoms with Gasteiger partial charge in [0.1, 0.15) is 0 Å². The maximum atomic E-state index is 6.75. The fourth-order valence-electron chi connectivity index (χ4n) is 2.21. The van der Waals surface area contributed by atoms with Crippen molar-refractivity contribution in [1.82, 2.24) is 9.80 Å². The Hall–Kier alpha value is 0.427. The molecule has 0 saturated heterocycles. The van der Waals surface area contributed by atoms with E-state index in [0.717, 1.165) is 36.4 Å². The molecule has 15 heavy (non-hydrogen) atoms. The van der Waals surface area contributed by atoms with Crippen LogP contribution in [0.1, 0.15) is 34.6 Å². The van der Waals surface area contributed by atoms with Crippen molar-refractivity contribution >= 4 is 21.8 Å². The summed E-state index contributed by atoms with van der Waals surface area (Å²) in [5.41, 5.74) is 0. The molecule has 0 aromatic rings. The Morgan fingerprint density at radius 1 is 1.07 bits per heavy atom. The number of hydrogen-bond donors (Lipinski definition) is 0. The molecule has 0 spiro atoms. The van der Waals surface area contributed by atoms with Gasteiger partial charge in [0.25, 0.3) is 0 Å². The third kappa shape index (κ3) is 3.73. The molecule has 2 unspecified atom stereocenters. The second-order valence-electron chi connectivity index (χ2n) is 4.09. The molecule has 0 aliphatic carbocycles. The van der Waals surface area contributed by atoms with E-state index in [1.807, 2.05) is 0 Å². The largest absolute Gasteiger partial charge is 0.298 e. The summed E-state index contributed by atoms with van der Waals surface area (Å²) in [5, 5.41) is 0. The van der Waals surface area contributed by atoms with E-state index < -0.39 is 0 Å². The van der Waals surface area contributed by atoms with Crippen LogP contribution < -0.4 is 0 Å². The zero-order chi connectivity index (χ0) is 12.1. The monoisotopic (exact) mass is 250 g/mol. The highest BCUT2D eigenvalue weighted by molar-refractivity contribution is 6.44. The van der Waals surface area contributed by atoms with Crippen molar-refractivity contribution in [3.8, 4) is 0 Å². The molecule has 0 bridgehead atoms. The molecule has 0 saturated carbocycles. The molecule has 0 amide bonds. The van der Waals surface area contributed by atoms with E-state index in [-0.39, 0.29) is 4.62 Å². The van der Waals surface area contributed by atoms with E-state index in [9.17, 15) is 0 Å². The van der Waals surface area contributed by atoms with Gasteiger partial charge < -0.3 is 0 Å². The maximum absolute atomic E-state index is 6.75. The first kappa shape index (κ1) is 15.4. The van der Waals surface area contributed by atoms with Crippen LogP contribution in [0.5, 0.6) is 0 Å². The Morgan fingerprint density at radius 2 is 1.47 bits per heavy atom. The first-order chi connectivity index (χ1) is 6.95. The number of hydrogen-bond acceptors (Lipinski definition) is 2. The van der Waals surface area contributed by atoms with Gasteiger partial charge in [-0.3, -0.25) is 9.80 Å². The van der Waals surface area contributed by atoms with Crippen molar-refractivity contribution in [2.45, 2.75) is 45.3 Å². The average Bonchev–Trinajstić information content (AvgIpc) is 2.20. The van der Waals surface area contributed by atoms with Crippen LogP contribution in [0.4, 0.5) is 0 Å². The molecule has 0 fully saturated rings. The third-order valence-electron chi connectivity index (χ3n) is 3.50. The quantitative estimate of drug-likeness (QED) is 0.382. The molecule has 0 N–H and O–H groups in total. The fourth-order valence-corrected chi connectivity index (χ4v) is 3.59. The summed E-state index contributed by atoms with van der Waals surface area (Å²) < 4.78 is -0.129. The summed E-state index contributed by atoms with van der Waals surface area (Å²) in [4.78, 5) is 4.82. The van der Waals surface area contributed by atoms with Crippen LogP contribution in [0, 0.1) is 0 Å². The fraction of sp³-hybridized carbons (Fsp3) is 1.00. The maximum Gasteiger partial charge on any atom is 0.0898 e. The number of halogens is 1. The molecule has 2 atom stereocenters. The van der Waals surface area contributed by atoms with Crippen LogP contribution in [0.25, 0.3) is 0 Å². The number of likely N-dealkylation sites (N-methyl/N-ethyl adjacent to an activating group) is 2. The number of rotatable bonds is 7. The average molecular weight is 251 g/mol. The van der Waals surface area contributed by atoms with Crippen molar-refractivity contribution in [3.63, 3.8) is 0 Å². The predicted octanol–water partition coefficient (Wildman–Crippen LogP) is 1.32. The van der Waals surface area contributed by atoms with Crippen molar-refractivity contribution in [2.24, 2.45) is 0 Å². The second-order valence-corrected chi connectivity index (χ2v) is 7.02. The zero-order valence-corrected chi connectivity index (χ0v) is 13.9. The highest BCUT2D eigenvalue weighted by Gasteiger charge is 2.35. The molecular weight excluding hydrogens is 224 g/mol. The van der Waals surface area contributed by atoms with Crippen molar-refractivity contribution in [1.29, 1.82) is 0 Å². The smallest absolute Gasteiger partial charge is 0.0898 e. The second kappa shape index (κ2) is 6.89. The lowest BCUT2D eigenvalue weighted by Crippen LogP contribution is -2.58. The molecule has 0 aliphatic rings. The molecule has 0 aliphatic heterocycles. The lowest BCUT2D eigenvalue weighted by atomic mass is 10.2. The van der Waals surface area contributed by atoms with Crippen molar-refractivity contribution in [2.75, 3.05) is 26.2 Å². The van der Waals surface area contributed by atoms with E-state index in [2.05, 4.69) is 44.4 Å². The van der Waals surface area contributed by atoms with Gasteiger partial charge in [-0.25, -0.2) is 0 Å². The van der Waals surface area contributed by atoms with Crippen molar-refractivity contribution in [3.05, 3.63) is 0 Å². The van der Waals surface area contributed by atoms with Crippen LogP contribution in [0.2, 0.25) is 0 Å². The zero-order valence-electron chi connectivity index (χ0n) is 11.2. The Morgan fingerprint density at radius 3 is 1.73 bits per heavy atom. The van der Waals surface area contributed by atoms with Crippen molar-refractivity contribution < 1.29 is 0 Å². The molecule has 0 rings (SSSR count). The summed E-state index contributed by atoms with van der Waals surface area (Å²) in [6.45, 7) is 15.3. The van der Waals surface area contributed by atoms with Gasteiger partial charge in [-0.2, -0.15) is 0 Å². The SMILES string of the molecule is CCN(CC)C(C)C([SiH3])(Cl)N(CC)CC. The summed E-state index contributed by atoms with van der Waals surface area (Å²) >= 11 is 6.75. The topological polar surface area (TPSA) is 6.48 Å². The summed E-state index contributed by atoms with van der Waals surface area (Å²) in [6, 6.07) is 0.431. The molecule has 4 heteroatoms. The van der Waals surface area contributed by atoms with Crippen LogP contribution in [-0.2, 0) is 0 Å². The molecule has 0 aromatic carbocycles. The number of alkyl halides is 1. The van der Waals surface area contributed by atoms with Gasteiger partial charge in [0.15, 0.2) is 0 Å². The van der Waals surface area contributed by atoms with E-state index >= 15 is 0 Å². The number of nitrogens with zero attached hydrogens (tertiary/aromatic N) is 2. The lowest BCUT2D eigenvalue weighted by molar-refractivity contribution is 0.121. The molecule has 0 radical (unpaired) electrons. The minimum Gasteiger partial charge on any atom is -0.298 e. The van der Waals surface area contributed by atoms with Gasteiger partial charge in [-0.05, 0) is 33.1 Å². The lowest BCUT2D eigenvalue weighted by Gasteiger charge is -2.44. The predicted molar refractivity (Wildman–Crippen MR) is 73.8 cm³/mol. The minimum absolute atomic E-state index is 0.129. The van der Waals surface area contributed by atoms with E-state index in [4.69, 9.17) is 11.6 Å². The summed E-state index contributed by atoms with van der Waals surface area (Å²) in [5.74, 6) is 0. The van der Waals surface area contributed by atoms with Crippen LogP contribution in [-0.4, -0.2) is 56.9 Å². The van der Waals surface area contributed by atoms with Gasteiger partial charge in [0, 0.05) is 16.3 Å². The Labute approximate surface area is 103 Å². The Bertz CT molecular complexity index is 168. The van der Waals surface area contributed by atoms with Gasteiger partial charge in [0.2, 0.25) is 0 Å². The first-order valence-electron chi connectivity index (χ1n) is 6.13. The molecule has 2 nitrogen and oxygen atoms in total. The van der Waals surface area contributed by atoms with Crippen LogP contribution in [0.15, 0.2) is 0 Å². The van der Waals surface area contributed by atoms with Crippen LogP contribution in [0.3, 0.4) is 0 Å². The normalized spacial score (nSPS) is 18.4. The highest BCUT2D eigenvalue weighted by Crippen LogP contribution is 2.24. The minimum atomic E-state index is -0.129. The van der Waals surface area contributed by atoms with E-state index in [0.29, 0.717) is 6.04 Å². The van der Waals surface area contributed by atoms with Crippen LogP contribution >= 0.6 is 11.6 Å². The van der Waals surface area contributed by atoms with E-state index in [1.54, 1.807) is 0 Å². The van der Waals surface area contributed by atoms with Gasteiger partial charge in [0.05, 0.1) is 4.62 Å². The molecular formula is C11H27ClN2Si. The Kier molecular flexibility index (Phi) is 7.09. The molecule has 0 aromatic heterocycles. The third-order valence-corrected chi connectivity index (χ3v) is 5.53. The standard InChI is InChI=1S/C11H27ClN2Si/c1-6-13(7-2)10(5)11(12,15)14(8-3)9-4/h10H,6-9H2,1-5,15H3. The van der Waals surface area contributed by atoms with E-state index in [1.165, 1.54) is 0 Å². The highest BCUT2D eigenvalue weighted by atomic mass is 35.5. The summed E-state index contributed by atoms with van der Waals surface area (Å²) in [7, 11) is 0.991.